The molecule has 2 unspecified atom stereocenters. The Bertz CT molecular complexity index is 841. The summed E-state index contributed by atoms with van der Waals surface area (Å²) in [4.78, 5) is 26.0. The third kappa shape index (κ3) is 5.97. The minimum absolute atomic E-state index is 0.199. The van der Waals surface area contributed by atoms with Gasteiger partial charge >= 0.3 is 7.12 Å². The zero-order chi connectivity index (χ0) is 24.4. The summed E-state index contributed by atoms with van der Waals surface area (Å²) in [6, 6.07) is 7.11. The standard InChI is InChI=1S/C25H39BN2O5/c1-16(2)13-21(26-32-24(3,4)25(5,6)33-26)28-23(31)20(15-29)27-22(30)19-12-11-17-9-7-8-10-18(17)14-19/h7-10,16,19-21,29H,11-15H2,1-6H3,(H,27,30)(H,28,31)/t19?,20-,21?/m0/s1. The zero-order valence-electron chi connectivity index (χ0n) is 20.8. The number of carbonyl (C=O) groups is 2. The molecule has 8 heteroatoms. The number of nitrogens with one attached hydrogen (secondary N) is 2. The molecule has 0 bridgehead atoms. The van der Waals surface area contributed by atoms with Gasteiger partial charge in [-0.25, -0.2) is 0 Å². The lowest BCUT2D eigenvalue weighted by atomic mass is 9.74. The Morgan fingerprint density at radius 3 is 2.27 bits per heavy atom. The van der Waals surface area contributed by atoms with Crippen LogP contribution in [0.5, 0.6) is 0 Å². The normalized spacial score (nSPS) is 23.0. The summed E-state index contributed by atoms with van der Waals surface area (Å²) in [6.07, 6.45) is 2.86. The van der Waals surface area contributed by atoms with Crippen molar-refractivity contribution in [1.82, 2.24) is 10.6 Å². The average Bonchev–Trinajstić information content (AvgIpc) is 2.97. The van der Waals surface area contributed by atoms with Gasteiger partial charge in [0.05, 0.1) is 23.8 Å². The SMILES string of the molecule is CC(C)CC(NC(=O)[C@H](CO)NC(=O)C1CCc2ccccc2C1)B1OC(C)(C)C(C)(C)O1. The first-order valence-electron chi connectivity index (χ1n) is 12.1. The van der Waals surface area contributed by atoms with Gasteiger partial charge in [-0.2, -0.15) is 0 Å². The fourth-order valence-electron chi connectivity index (χ4n) is 4.49. The van der Waals surface area contributed by atoms with Crippen molar-refractivity contribution in [2.45, 2.75) is 90.4 Å². The van der Waals surface area contributed by atoms with E-state index in [1.165, 1.54) is 11.1 Å². The predicted molar refractivity (Wildman–Crippen MR) is 128 cm³/mol. The van der Waals surface area contributed by atoms with E-state index in [2.05, 4.69) is 30.5 Å². The lowest BCUT2D eigenvalue weighted by Crippen LogP contribution is -2.56. The Labute approximate surface area is 198 Å². The van der Waals surface area contributed by atoms with Gasteiger partial charge in [0.15, 0.2) is 0 Å². The number of rotatable bonds is 8. The van der Waals surface area contributed by atoms with Crippen LogP contribution in [-0.4, -0.2) is 53.8 Å². The number of carbonyl (C=O) groups excluding carboxylic acids is 2. The lowest BCUT2D eigenvalue weighted by Gasteiger charge is -2.32. The molecule has 3 atom stereocenters. The van der Waals surface area contributed by atoms with Crippen LogP contribution in [0.4, 0.5) is 0 Å². The van der Waals surface area contributed by atoms with Crippen molar-refractivity contribution in [2.24, 2.45) is 11.8 Å². The summed E-state index contributed by atoms with van der Waals surface area (Å²) in [7, 11) is -0.605. The Kier molecular flexibility index (Phi) is 7.92. The maximum Gasteiger partial charge on any atom is 0.481 e. The summed E-state index contributed by atoms with van der Waals surface area (Å²) in [5, 5.41) is 15.6. The summed E-state index contributed by atoms with van der Waals surface area (Å²) in [5.41, 5.74) is 1.42. The van der Waals surface area contributed by atoms with Crippen LogP contribution in [0.15, 0.2) is 24.3 Å². The van der Waals surface area contributed by atoms with E-state index in [1.54, 1.807) is 0 Å². The zero-order valence-corrected chi connectivity index (χ0v) is 20.8. The average molecular weight is 458 g/mol. The van der Waals surface area contributed by atoms with E-state index in [9.17, 15) is 14.7 Å². The fourth-order valence-corrected chi connectivity index (χ4v) is 4.49. The van der Waals surface area contributed by atoms with Gasteiger partial charge in [0.1, 0.15) is 6.04 Å². The van der Waals surface area contributed by atoms with Crippen LogP contribution >= 0.6 is 0 Å². The van der Waals surface area contributed by atoms with E-state index in [0.717, 1.165) is 12.8 Å². The van der Waals surface area contributed by atoms with Crippen molar-refractivity contribution in [2.75, 3.05) is 6.61 Å². The van der Waals surface area contributed by atoms with Crippen molar-refractivity contribution < 1.29 is 24.0 Å². The highest BCUT2D eigenvalue weighted by atomic mass is 16.7. The molecule has 3 rings (SSSR count). The maximum absolute atomic E-state index is 13.1. The molecule has 0 saturated carbocycles. The highest BCUT2D eigenvalue weighted by Crippen LogP contribution is 2.38. The van der Waals surface area contributed by atoms with Crippen LogP contribution < -0.4 is 10.6 Å². The van der Waals surface area contributed by atoms with Crippen LogP contribution in [0, 0.1) is 11.8 Å². The largest absolute Gasteiger partial charge is 0.481 e. The topological polar surface area (TPSA) is 96.9 Å². The van der Waals surface area contributed by atoms with Crippen LogP contribution in [0.3, 0.4) is 0 Å². The first-order valence-corrected chi connectivity index (χ1v) is 12.1. The van der Waals surface area contributed by atoms with E-state index in [0.29, 0.717) is 18.8 Å². The van der Waals surface area contributed by atoms with Gasteiger partial charge in [-0.15, -0.1) is 0 Å². The molecule has 1 heterocycles. The molecule has 3 N–H and O–H groups in total. The van der Waals surface area contributed by atoms with Gasteiger partial charge in [-0.3, -0.25) is 9.59 Å². The Morgan fingerprint density at radius 2 is 1.70 bits per heavy atom. The first-order chi connectivity index (χ1) is 15.4. The summed E-state index contributed by atoms with van der Waals surface area (Å²) in [5.74, 6) is -0.946. The van der Waals surface area contributed by atoms with Crippen molar-refractivity contribution in [3.8, 4) is 0 Å². The lowest BCUT2D eigenvalue weighted by molar-refractivity contribution is -0.132. The van der Waals surface area contributed by atoms with E-state index in [4.69, 9.17) is 9.31 Å². The Morgan fingerprint density at radius 1 is 1.09 bits per heavy atom. The molecule has 1 aliphatic carbocycles. The highest BCUT2D eigenvalue weighted by molar-refractivity contribution is 6.48. The molecule has 1 saturated heterocycles. The second-order valence-electron chi connectivity index (χ2n) is 10.8. The number of aliphatic hydroxyl groups excluding tert-OH is 1. The molecule has 7 nitrogen and oxygen atoms in total. The number of benzene rings is 1. The molecule has 33 heavy (non-hydrogen) atoms. The summed E-state index contributed by atoms with van der Waals surface area (Å²) >= 11 is 0. The quantitative estimate of drug-likeness (QED) is 0.520. The Hall–Kier alpha value is -1.90. The molecule has 1 aromatic rings. The number of hydrogen-bond donors (Lipinski definition) is 3. The van der Waals surface area contributed by atoms with Gasteiger partial charge in [0.25, 0.3) is 0 Å². The molecule has 2 aliphatic rings. The first kappa shape index (κ1) is 25.7. The van der Waals surface area contributed by atoms with Gasteiger partial charge in [-0.05, 0) is 70.4 Å². The molecule has 0 spiro atoms. The monoisotopic (exact) mass is 458 g/mol. The summed E-state index contributed by atoms with van der Waals surface area (Å²) < 4.78 is 12.3. The molecule has 1 fully saturated rings. The molecule has 0 aromatic heterocycles. The Balaban J connectivity index is 1.64. The second-order valence-corrected chi connectivity index (χ2v) is 10.8. The number of amides is 2. The molecular formula is C25H39BN2O5. The molecule has 182 valence electrons. The minimum Gasteiger partial charge on any atom is -0.402 e. The van der Waals surface area contributed by atoms with Crippen LogP contribution in [0.1, 0.15) is 65.5 Å². The molecular weight excluding hydrogens is 419 g/mol. The molecule has 2 amide bonds. The van der Waals surface area contributed by atoms with Gasteiger partial charge in [0, 0.05) is 5.92 Å². The third-order valence-electron chi connectivity index (χ3n) is 7.19. The number of fused-ring (bicyclic) bond motifs is 1. The van der Waals surface area contributed by atoms with Crippen molar-refractivity contribution >= 4 is 18.9 Å². The van der Waals surface area contributed by atoms with Gasteiger partial charge in [-0.1, -0.05) is 38.1 Å². The number of aliphatic hydroxyl groups is 1. The van der Waals surface area contributed by atoms with Crippen LogP contribution in [-0.2, 0) is 31.7 Å². The smallest absolute Gasteiger partial charge is 0.402 e. The number of hydrogen-bond acceptors (Lipinski definition) is 5. The fraction of sp³-hybridized carbons (Fsp3) is 0.680. The van der Waals surface area contributed by atoms with E-state index in [1.807, 2.05) is 45.9 Å². The molecule has 1 aromatic carbocycles. The van der Waals surface area contributed by atoms with Crippen molar-refractivity contribution in [1.29, 1.82) is 0 Å². The highest BCUT2D eigenvalue weighted by Gasteiger charge is 2.54. The predicted octanol–water partition coefficient (Wildman–Crippen LogP) is 2.43. The van der Waals surface area contributed by atoms with Gasteiger partial charge < -0.3 is 25.0 Å². The third-order valence-corrected chi connectivity index (χ3v) is 7.19. The second kappa shape index (κ2) is 10.2. The van der Waals surface area contributed by atoms with Crippen LogP contribution in [0.2, 0.25) is 0 Å². The maximum atomic E-state index is 13.1. The minimum atomic E-state index is -1.02. The van der Waals surface area contributed by atoms with Crippen LogP contribution in [0.25, 0.3) is 0 Å². The van der Waals surface area contributed by atoms with E-state index in [-0.39, 0.29) is 11.8 Å². The van der Waals surface area contributed by atoms with E-state index >= 15 is 0 Å². The van der Waals surface area contributed by atoms with E-state index < -0.39 is 42.8 Å². The van der Waals surface area contributed by atoms with Gasteiger partial charge in [0.2, 0.25) is 11.8 Å². The molecule has 0 radical (unpaired) electrons. The summed E-state index contributed by atoms with van der Waals surface area (Å²) in [6.45, 7) is 11.5. The molecule has 1 aliphatic heterocycles. The van der Waals surface area contributed by atoms with Crippen molar-refractivity contribution in [3.05, 3.63) is 35.4 Å². The van der Waals surface area contributed by atoms with Crippen molar-refractivity contribution in [3.63, 3.8) is 0 Å². The number of aryl methyl sites for hydroxylation is 1.